The number of amides is 1. The van der Waals surface area contributed by atoms with Gasteiger partial charge < -0.3 is 14.6 Å². The van der Waals surface area contributed by atoms with E-state index in [2.05, 4.69) is 10.3 Å². The van der Waals surface area contributed by atoms with E-state index < -0.39 is 0 Å². The molecule has 0 fully saturated rings. The van der Waals surface area contributed by atoms with E-state index in [1.807, 2.05) is 28.8 Å². The second-order valence-corrected chi connectivity index (χ2v) is 6.63. The maximum Gasteiger partial charge on any atom is 0.230 e. The van der Waals surface area contributed by atoms with Crippen LogP contribution in [0.2, 0.25) is 0 Å². The Morgan fingerprint density at radius 1 is 1.23 bits per heavy atom. The number of hydrogen-bond donors (Lipinski definition) is 1. The second-order valence-electron chi connectivity index (χ2n) is 5.68. The van der Waals surface area contributed by atoms with Crippen molar-refractivity contribution in [1.29, 1.82) is 0 Å². The molecule has 3 aromatic rings. The van der Waals surface area contributed by atoms with Gasteiger partial charge in [0.15, 0.2) is 5.16 Å². The van der Waals surface area contributed by atoms with E-state index in [1.165, 1.54) is 17.8 Å². The Morgan fingerprint density at radius 2 is 2.00 bits per heavy atom. The molecule has 5 nitrogen and oxygen atoms in total. The van der Waals surface area contributed by atoms with Crippen LogP contribution >= 0.6 is 11.8 Å². The number of rotatable bonds is 8. The van der Waals surface area contributed by atoms with Crippen molar-refractivity contribution < 1.29 is 13.9 Å². The number of fused-ring (bicyclic) bond motifs is 1. The number of thioether (sulfide) groups is 1. The number of halogens is 1. The number of nitrogens with zero attached hydrogens (tertiary/aromatic N) is 2. The van der Waals surface area contributed by atoms with Crippen molar-refractivity contribution in [2.75, 3.05) is 19.5 Å². The summed E-state index contributed by atoms with van der Waals surface area (Å²) in [5, 5.41) is 3.51. The van der Waals surface area contributed by atoms with E-state index in [4.69, 9.17) is 4.74 Å². The third-order valence-electron chi connectivity index (χ3n) is 3.90. The van der Waals surface area contributed by atoms with E-state index in [1.54, 1.807) is 25.3 Å². The molecule has 0 atom stereocenters. The monoisotopic (exact) mass is 373 g/mol. The zero-order valence-electron chi connectivity index (χ0n) is 14.4. The summed E-state index contributed by atoms with van der Waals surface area (Å²) in [6.07, 6.45) is 0. The first-order chi connectivity index (χ1) is 12.7. The average molecular weight is 373 g/mol. The van der Waals surface area contributed by atoms with E-state index in [9.17, 15) is 9.18 Å². The van der Waals surface area contributed by atoms with Gasteiger partial charge in [-0.1, -0.05) is 42.1 Å². The van der Waals surface area contributed by atoms with Crippen LogP contribution in [-0.2, 0) is 22.6 Å². The molecule has 0 bridgehead atoms. The Labute approximate surface area is 155 Å². The lowest BCUT2D eigenvalue weighted by atomic mass is 10.2. The predicted molar refractivity (Wildman–Crippen MR) is 101 cm³/mol. The number of carbonyl (C=O) groups excluding carboxylic acids is 1. The van der Waals surface area contributed by atoms with Crippen molar-refractivity contribution in [1.82, 2.24) is 14.9 Å². The number of nitrogens with one attached hydrogen (secondary N) is 1. The van der Waals surface area contributed by atoms with Crippen molar-refractivity contribution in [3.63, 3.8) is 0 Å². The van der Waals surface area contributed by atoms with Crippen LogP contribution in [0.5, 0.6) is 0 Å². The van der Waals surface area contributed by atoms with Crippen molar-refractivity contribution in [2.45, 2.75) is 18.2 Å². The van der Waals surface area contributed by atoms with Gasteiger partial charge in [0.2, 0.25) is 5.91 Å². The summed E-state index contributed by atoms with van der Waals surface area (Å²) in [7, 11) is 1.65. The van der Waals surface area contributed by atoms with Gasteiger partial charge in [0.05, 0.1) is 23.4 Å². The molecule has 0 aliphatic carbocycles. The third kappa shape index (κ3) is 4.42. The first-order valence-electron chi connectivity index (χ1n) is 8.26. The summed E-state index contributed by atoms with van der Waals surface area (Å²) in [5.41, 5.74) is 2.37. The number of imidazole rings is 1. The lowest BCUT2D eigenvalue weighted by molar-refractivity contribution is -0.118. The van der Waals surface area contributed by atoms with E-state index in [-0.39, 0.29) is 24.0 Å². The fraction of sp³-hybridized carbons (Fsp3) is 0.263. The number of hydrogen-bond acceptors (Lipinski definition) is 4. The van der Waals surface area contributed by atoms with Gasteiger partial charge in [-0.3, -0.25) is 4.79 Å². The molecule has 0 radical (unpaired) electrons. The molecule has 7 heteroatoms. The van der Waals surface area contributed by atoms with Crippen molar-refractivity contribution in [2.24, 2.45) is 0 Å². The van der Waals surface area contributed by atoms with Crippen LogP contribution in [0, 0.1) is 5.82 Å². The Bertz CT molecular complexity index is 897. The zero-order valence-corrected chi connectivity index (χ0v) is 15.3. The van der Waals surface area contributed by atoms with E-state index in [0.717, 1.165) is 16.2 Å². The number of aromatic nitrogens is 2. The molecule has 0 saturated heterocycles. The predicted octanol–water partition coefficient (Wildman–Crippen LogP) is 3.23. The van der Waals surface area contributed by atoms with Crippen molar-refractivity contribution >= 4 is 28.7 Å². The smallest absolute Gasteiger partial charge is 0.230 e. The van der Waals surface area contributed by atoms with Gasteiger partial charge in [-0.15, -0.1) is 0 Å². The highest BCUT2D eigenvalue weighted by atomic mass is 32.2. The standard InChI is InChI=1S/C19H20FN3O2S/c1-25-11-10-23-17-9-5-4-8-16(17)22-19(23)26-13-18(24)21-12-14-6-2-3-7-15(14)20/h2-9H,10-13H2,1H3,(H,21,24). The summed E-state index contributed by atoms with van der Waals surface area (Å²) in [6.45, 7) is 1.40. The van der Waals surface area contributed by atoms with Crippen LogP contribution in [0.25, 0.3) is 11.0 Å². The largest absolute Gasteiger partial charge is 0.383 e. The molecule has 3 rings (SSSR count). The summed E-state index contributed by atoms with van der Waals surface area (Å²) in [5.74, 6) is -0.268. The van der Waals surface area contributed by atoms with Gasteiger partial charge in [-0.25, -0.2) is 9.37 Å². The highest BCUT2D eigenvalue weighted by Gasteiger charge is 2.13. The van der Waals surface area contributed by atoms with Crippen LogP contribution in [-0.4, -0.2) is 34.9 Å². The molecule has 1 heterocycles. The maximum absolute atomic E-state index is 13.6. The molecule has 0 aliphatic rings. The van der Waals surface area contributed by atoms with E-state index in [0.29, 0.717) is 18.7 Å². The summed E-state index contributed by atoms with van der Waals surface area (Å²) in [4.78, 5) is 16.7. The number of methoxy groups -OCH3 is 1. The number of ether oxygens (including phenoxy) is 1. The van der Waals surface area contributed by atoms with Crippen molar-refractivity contribution in [3.8, 4) is 0 Å². The minimum absolute atomic E-state index is 0.163. The number of benzene rings is 2. The molecule has 1 N–H and O–H groups in total. The molecule has 1 amide bonds. The zero-order chi connectivity index (χ0) is 18.4. The summed E-state index contributed by atoms with van der Waals surface area (Å²) >= 11 is 1.36. The second kappa shape index (κ2) is 8.82. The molecule has 0 spiro atoms. The molecular weight excluding hydrogens is 353 g/mol. The van der Waals surface area contributed by atoms with Crippen LogP contribution in [0.3, 0.4) is 0 Å². The van der Waals surface area contributed by atoms with Gasteiger partial charge in [0, 0.05) is 25.8 Å². The lowest BCUT2D eigenvalue weighted by Gasteiger charge is -2.09. The molecule has 0 unspecified atom stereocenters. The molecule has 26 heavy (non-hydrogen) atoms. The molecule has 2 aromatic carbocycles. The molecule has 136 valence electrons. The molecular formula is C19H20FN3O2S. The maximum atomic E-state index is 13.6. The summed E-state index contributed by atoms with van der Waals surface area (Å²) in [6, 6.07) is 14.3. The fourth-order valence-corrected chi connectivity index (χ4v) is 3.45. The highest BCUT2D eigenvalue weighted by molar-refractivity contribution is 7.99. The van der Waals surface area contributed by atoms with Crippen LogP contribution < -0.4 is 5.32 Å². The topological polar surface area (TPSA) is 56.1 Å². The van der Waals surface area contributed by atoms with Crippen LogP contribution in [0.1, 0.15) is 5.56 Å². The van der Waals surface area contributed by atoms with Gasteiger partial charge in [0.1, 0.15) is 5.82 Å². The van der Waals surface area contributed by atoms with Gasteiger partial charge in [0.25, 0.3) is 0 Å². The number of carbonyl (C=O) groups is 1. The third-order valence-corrected chi connectivity index (χ3v) is 4.88. The Balaban J connectivity index is 1.63. The molecule has 0 saturated carbocycles. The van der Waals surface area contributed by atoms with Gasteiger partial charge in [-0.2, -0.15) is 0 Å². The normalized spacial score (nSPS) is 11.0. The minimum atomic E-state index is -0.318. The molecule has 0 aliphatic heterocycles. The lowest BCUT2D eigenvalue weighted by Crippen LogP contribution is -2.25. The fourth-order valence-electron chi connectivity index (χ4n) is 2.58. The first kappa shape index (κ1) is 18.4. The summed E-state index contributed by atoms with van der Waals surface area (Å²) < 4.78 is 20.8. The van der Waals surface area contributed by atoms with Crippen LogP contribution in [0.4, 0.5) is 4.39 Å². The van der Waals surface area contributed by atoms with Crippen LogP contribution in [0.15, 0.2) is 53.7 Å². The first-order valence-corrected chi connectivity index (χ1v) is 9.24. The average Bonchev–Trinajstić information content (AvgIpc) is 3.01. The Morgan fingerprint density at radius 3 is 2.81 bits per heavy atom. The Kier molecular flexibility index (Phi) is 6.25. The van der Waals surface area contributed by atoms with E-state index >= 15 is 0 Å². The minimum Gasteiger partial charge on any atom is -0.383 e. The van der Waals surface area contributed by atoms with Gasteiger partial charge in [-0.05, 0) is 18.2 Å². The Hall–Kier alpha value is -2.38. The SMILES string of the molecule is COCCn1c(SCC(=O)NCc2ccccc2F)nc2ccccc21. The highest BCUT2D eigenvalue weighted by Crippen LogP contribution is 2.24. The molecule has 1 aromatic heterocycles. The number of para-hydroxylation sites is 2. The quantitative estimate of drug-likeness (QED) is 0.616. The van der Waals surface area contributed by atoms with Gasteiger partial charge >= 0.3 is 0 Å². The van der Waals surface area contributed by atoms with Crippen molar-refractivity contribution in [3.05, 3.63) is 59.9 Å².